The average molecular weight is 242 g/mol. The Morgan fingerprint density at radius 3 is 2.41 bits per heavy atom. The van der Waals surface area contributed by atoms with Gasteiger partial charge in [-0.1, -0.05) is 6.08 Å². The standard InChI is InChI=1S/C12H22N2O3/c1-9(10(15)17-5)6-7-14-8-12(2,3)11(16)13-4/h6,14H,7-8H2,1-5H3,(H,13,16)/b9-6-. The van der Waals surface area contributed by atoms with Gasteiger partial charge in [0.2, 0.25) is 5.91 Å². The first kappa shape index (κ1) is 15.6. The number of carbonyl (C=O) groups excluding carboxylic acids is 2. The molecule has 0 bridgehead atoms. The van der Waals surface area contributed by atoms with Gasteiger partial charge in [-0.15, -0.1) is 0 Å². The van der Waals surface area contributed by atoms with Crippen LogP contribution in [-0.2, 0) is 14.3 Å². The van der Waals surface area contributed by atoms with Crippen LogP contribution in [0.2, 0.25) is 0 Å². The zero-order valence-corrected chi connectivity index (χ0v) is 11.2. The first-order valence-electron chi connectivity index (χ1n) is 5.53. The fourth-order valence-electron chi connectivity index (χ4n) is 1.27. The number of methoxy groups -OCH3 is 1. The van der Waals surface area contributed by atoms with E-state index in [9.17, 15) is 9.59 Å². The predicted octanol–water partition coefficient (Wildman–Crippen LogP) is 0.468. The van der Waals surface area contributed by atoms with E-state index in [2.05, 4.69) is 15.4 Å². The zero-order chi connectivity index (χ0) is 13.5. The minimum absolute atomic E-state index is 0.0151. The lowest BCUT2D eigenvalue weighted by molar-refractivity contribution is -0.136. The van der Waals surface area contributed by atoms with E-state index in [0.717, 1.165) is 0 Å². The van der Waals surface area contributed by atoms with Crippen LogP contribution in [0.1, 0.15) is 20.8 Å². The average Bonchev–Trinajstić information content (AvgIpc) is 2.31. The van der Waals surface area contributed by atoms with Crippen LogP contribution in [0.5, 0.6) is 0 Å². The zero-order valence-electron chi connectivity index (χ0n) is 11.2. The Morgan fingerprint density at radius 2 is 1.94 bits per heavy atom. The SMILES string of the molecule is CNC(=O)C(C)(C)CNC/C=C(/C)C(=O)OC. The molecule has 0 aliphatic heterocycles. The second-order valence-corrected chi connectivity index (χ2v) is 4.47. The van der Waals surface area contributed by atoms with Crippen LogP contribution in [0.3, 0.4) is 0 Å². The van der Waals surface area contributed by atoms with Gasteiger partial charge < -0.3 is 15.4 Å². The topological polar surface area (TPSA) is 67.4 Å². The Hall–Kier alpha value is -1.36. The van der Waals surface area contributed by atoms with Gasteiger partial charge in [0.25, 0.3) is 0 Å². The largest absolute Gasteiger partial charge is 0.466 e. The molecule has 5 nitrogen and oxygen atoms in total. The molecule has 0 saturated heterocycles. The minimum atomic E-state index is -0.470. The molecule has 0 radical (unpaired) electrons. The molecule has 5 heteroatoms. The molecular formula is C12H22N2O3. The van der Waals surface area contributed by atoms with E-state index in [1.54, 1.807) is 20.0 Å². The van der Waals surface area contributed by atoms with Crippen molar-refractivity contribution in [2.24, 2.45) is 5.41 Å². The minimum Gasteiger partial charge on any atom is -0.466 e. The third-order valence-electron chi connectivity index (χ3n) is 2.47. The molecule has 0 heterocycles. The van der Waals surface area contributed by atoms with Crippen LogP contribution in [0.15, 0.2) is 11.6 Å². The molecule has 0 saturated carbocycles. The Labute approximate surface area is 103 Å². The summed E-state index contributed by atoms with van der Waals surface area (Å²) >= 11 is 0. The number of hydrogen-bond acceptors (Lipinski definition) is 4. The monoisotopic (exact) mass is 242 g/mol. The van der Waals surface area contributed by atoms with E-state index in [1.165, 1.54) is 7.11 Å². The molecule has 0 rings (SSSR count). The highest BCUT2D eigenvalue weighted by atomic mass is 16.5. The quantitative estimate of drug-likeness (QED) is 0.403. The molecule has 98 valence electrons. The van der Waals surface area contributed by atoms with Crippen LogP contribution in [0.4, 0.5) is 0 Å². The van der Waals surface area contributed by atoms with Crippen molar-refractivity contribution in [1.29, 1.82) is 0 Å². The molecule has 17 heavy (non-hydrogen) atoms. The van der Waals surface area contributed by atoms with E-state index in [1.807, 2.05) is 13.8 Å². The van der Waals surface area contributed by atoms with Gasteiger partial charge in [-0.2, -0.15) is 0 Å². The fourth-order valence-corrected chi connectivity index (χ4v) is 1.27. The molecule has 0 aliphatic carbocycles. The third kappa shape index (κ3) is 5.49. The van der Waals surface area contributed by atoms with Gasteiger partial charge in [-0.05, 0) is 20.8 Å². The highest BCUT2D eigenvalue weighted by molar-refractivity contribution is 5.87. The van der Waals surface area contributed by atoms with Gasteiger partial charge in [0.15, 0.2) is 0 Å². The van der Waals surface area contributed by atoms with E-state index in [-0.39, 0.29) is 11.9 Å². The number of hydrogen-bond donors (Lipinski definition) is 2. The van der Waals surface area contributed by atoms with Crippen LogP contribution >= 0.6 is 0 Å². The van der Waals surface area contributed by atoms with E-state index in [0.29, 0.717) is 18.7 Å². The Bertz CT molecular complexity index is 309. The van der Waals surface area contributed by atoms with E-state index >= 15 is 0 Å². The maximum absolute atomic E-state index is 11.5. The second kappa shape index (κ2) is 7.06. The molecule has 0 aromatic rings. The molecule has 0 fully saturated rings. The molecule has 0 spiro atoms. The molecule has 0 aromatic carbocycles. The number of nitrogens with one attached hydrogen (secondary N) is 2. The highest BCUT2D eigenvalue weighted by Crippen LogP contribution is 2.12. The molecule has 1 amide bonds. The van der Waals surface area contributed by atoms with Crippen LogP contribution < -0.4 is 10.6 Å². The normalized spacial score (nSPS) is 12.2. The molecule has 0 atom stereocenters. The summed E-state index contributed by atoms with van der Waals surface area (Å²) in [6.07, 6.45) is 1.74. The summed E-state index contributed by atoms with van der Waals surface area (Å²) in [5, 5.41) is 5.72. The van der Waals surface area contributed by atoms with Gasteiger partial charge in [0.1, 0.15) is 0 Å². The Kier molecular flexibility index (Phi) is 6.50. The van der Waals surface area contributed by atoms with Crippen molar-refractivity contribution in [3.05, 3.63) is 11.6 Å². The van der Waals surface area contributed by atoms with Crippen molar-refractivity contribution in [1.82, 2.24) is 10.6 Å². The molecular weight excluding hydrogens is 220 g/mol. The summed E-state index contributed by atoms with van der Waals surface area (Å²) in [6.45, 7) is 6.47. The van der Waals surface area contributed by atoms with Gasteiger partial charge in [-0.25, -0.2) is 4.79 Å². The lowest BCUT2D eigenvalue weighted by Gasteiger charge is -2.22. The van der Waals surface area contributed by atoms with Gasteiger partial charge >= 0.3 is 5.97 Å². The Morgan fingerprint density at radius 1 is 1.35 bits per heavy atom. The summed E-state index contributed by atoms with van der Waals surface area (Å²) in [6, 6.07) is 0. The van der Waals surface area contributed by atoms with E-state index in [4.69, 9.17) is 0 Å². The summed E-state index contributed by atoms with van der Waals surface area (Å²) in [5.74, 6) is -0.351. The number of amides is 1. The van der Waals surface area contributed by atoms with Gasteiger partial charge in [-0.3, -0.25) is 4.79 Å². The van der Waals surface area contributed by atoms with Crippen molar-refractivity contribution in [2.45, 2.75) is 20.8 Å². The summed E-state index contributed by atoms with van der Waals surface area (Å²) < 4.78 is 4.57. The maximum Gasteiger partial charge on any atom is 0.333 e. The summed E-state index contributed by atoms with van der Waals surface area (Å²) in [4.78, 5) is 22.6. The second-order valence-electron chi connectivity index (χ2n) is 4.47. The Balaban J connectivity index is 4.08. The number of esters is 1. The number of carbonyl (C=O) groups is 2. The van der Waals surface area contributed by atoms with Crippen LogP contribution in [0.25, 0.3) is 0 Å². The van der Waals surface area contributed by atoms with Crippen molar-refractivity contribution in [2.75, 3.05) is 27.2 Å². The third-order valence-corrected chi connectivity index (χ3v) is 2.47. The first-order chi connectivity index (χ1) is 7.85. The highest BCUT2D eigenvalue weighted by Gasteiger charge is 2.25. The summed E-state index contributed by atoms with van der Waals surface area (Å²) in [7, 11) is 2.97. The molecule has 0 aliphatic rings. The maximum atomic E-state index is 11.5. The van der Waals surface area contributed by atoms with Gasteiger partial charge in [0, 0.05) is 25.7 Å². The van der Waals surface area contributed by atoms with Crippen molar-refractivity contribution in [3.8, 4) is 0 Å². The fraction of sp³-hybridized carbons (Fsp3) is 0.667. The number of ether oxygens (including phenoxy) is 1. The molecule has 0 unspecified atom stereocenters. The van der Waals surface area contributed by atoms with Crippen molar-refractivity contribution < 1.29 is 14.3 Å². The lowest BCUT2D eigenvalue weighted by atomic mass is 9.92. The lowest BCUT2D eigenvalue weighted by Crippen LogP contribution is -2.42. The predicted molar refractivity (Wildman–Crippen MR) is 66.5 cm³/mol. The van der Waals surface area contributed by atoms with Crippen molar-refractivity contribution >= 4 is 11.9 Å². The smallest absolute Gasteiger partial charge is 0.333 e. The molecule has 2 N–H and O–H groups in total. The molecule has 0 aromatic heterocycles. The van der Waals surface area contributed by atoms with Crippen molar-refractivity contribution in [3.63, 3.8) is 0 Å². The first-order valence-corrected chi connectivity index (χ1v) is 5.53. The van der Waals surface area contributed by atoms with E-state index < -0.39 is 5.41 Å². The van der Waals surface area contributed by atoms with Crippen LogP contribution in [0, 0.1) is 5.41 Å². The van der Waals surface area contributed by atoms with Crippen LogP contribution in [-0.4, -0.2) is 39.1 Å². The summed E-state index contributed by atoms with van der Waals surface area (Å²) in [5.41, 5.74) is 0.0830. The van der Waals surface area contributed by atoms with Gasteiger partial charge in [0.05, 0.1) is 12.5 Å². The number of rotatable bonds is 6.